The van der Waals surface area contributed by atoms with Crippen molar-refractivity contribution in [1.82, 2.24) is 20.5 Å². The average molecular weight is 346 g/mol. The Morgan fingerprint density at radius 1 is 1.28 bits per heavy atom. The number of furan rings is 1. The molecule has 0 radical (unpaired) electrons. The molecule has 130 valence electrons. The van der Waals surface area contributed by atoms with Gasteiger partial charge in [-0.15, -0.1) is 0 Å². The zero-order chi connectivity index (χ0) is 17.9. The Labute approximate surface area is 142 Å². The fraction of sp³-hybridized carbons (Fsp3) is 0.235. The smallest absolute Gasteiger partial charge is 0.270 e. The van der Waals surface area contributed by atoms with E-state index < -0.39 is 5.92 Å². The van der Waals surface area contributed by atoms with Gasteiger partial charge in [0.1, 0.15) is 5.82 Å². The van der Waals surface area contributed by atoms with Gasteiger partial charge in [0.25, 0.3) is 11.8 Å². The maximum absolute atomic E-state index is 13.2. The predicted molar refractivity (Wildman–Crippen MR) is 86.1 cm³/mol. The molecule has 0 saturated carbocycles. The van der Waals surface area contributed by atoms with Crippen LogP contribution in [0.5, 0.6) is 0 Å². The van der Waals surface area contributed by atoms with Crippen molar-refractivity contribution in [2.45, 2.75) is 19.3 Å². The van der Waals surface area contributed by atoms with E-state index in [1.807, 2.05) is 0 Å². The number of carbonyl (C=O) groups is 1. The normalized spacial score (nSPS) is 11.5. The minimum Gasteiger partial charge on any atom is -0.461 e. The molecular formula is C17H16F2N4O2. The molecule has 1 aromatic carbocycles. The lowest BCUT2D eigenvalue weighted by Crippen LogP contribution is -2.26. The molecule has 0 fully saturated rings. The molecule has 0 atom stereocenters. The maximum Gasteiger partial charge on any atom is 0.270 e. The lowest BCUT2D eigenvalue weighted by Gasteiger charge is -2.11. The highest BCUT2D eigenvalue weighted by Crippen LogP contribution is 2.26. The van der Waals surface area contributed by atoms with E-state index in [1.54, 1.807) is 12.1 Å². The molecule has 3 aromatic rings. The third-order valence-electron chi connectivity index (χ3n) is 3.57. The van der Waals surface area contributed by atoms with Gasteiger partial charge in [-0.25, -0.2) is 13.8 Å². The van der Waals surface area contributed by atoms with E-state index in [1.165, 1.54) is 30.5 Å². The molecule has 3 rings (SSSR count). The first-order chi connectivity index (χ1) is 11.9. The van der Waals surface area contributed by atoms with Gasteiger partial charge in [-0.2, -0.15) is 5.10 Å². The van der Waals surface area contributed by atoms with Crippen LogP contribution in [0.2, 0.25) is 0 Å². The van der Waals surface area contributed by atoms with Crippen LogP contribution in [-0.4, -0.2) is 27.6 Å². The van der Waals surface area contributed by atoms with Gasteiger partial charge in [0.05, 0.1) is 6.26 Å². The second-order valence-corrected chi connectivity index (χ2v) is 5.55. The van der Waals surface area contributed by atoms with E-state index in [9.17, 15) is 13.6 Å². The highest BCUT2D eigenvalue weighted by molar-refractivity contribution is 5.94. The number of carbonyl (C=O) groups excluding carboxylic acids is 1. The molecule has 6 nitrogen and oxygen atoms in total. The molecule has 2 N–H and O–H groups in total. The number of alkyl halides is 2. The topological polar surface area (TPSA) is 83.8 Å². The molecule has 2 aromatic heterocycles. The second kappa shape index (κ2) is 6.84. The number of amides is 1. The number of hydrogen-bond donors (Lipinski definition) is 2. The van der Waals surface area contributed by atoms with E-state index in [0.29, 0.717) is 35.9 Å². The Bertz CT molecular complexity index is 836. The summed E-state index contributed by atoms with van der Waals surface area (Å²) in [6.45, 7) is 1.15. The van der Waals surface area contributed by atoms with Gasteiger partial charge in [-0.3, -0.25) is 9.89 Å². The lowest BCUT2D eigenvalue weighted by molar-refractivity contribution is 0.0174. The molecule has 2 heterocycles. The molecule has 25 heavy (non-hydrogen) atoms. The molecule has 0 aliphatic heterocycles. The number of benzene rings is 1. The van der Waals surface area contributed by atoms with Gasteiger partial charge in [0.2, 0.25) is 5.82 Å². The largest absolute Gasteiger partial charge is 0.461 e. The molecule has 0 unspecified atom stereocenters. The summed E-state index contributed by atoms with van der Waals surface area (Å²) in [5, 5.41) is 9.52. The van der Waals surface area contributed by atoms with Crippen molar-refractivity contribution in [1.29, 1.82) is 0 Å². The summed E-state index contributed by atoms with van der Waals surface area (Å²) in [4.78, 5) is 16.3. The van der Waals surface area contributed by atoms with E-state index >= 15 is 0 Å². The van der Waals surface area contributed by atoms with Crippen LogP contribution in [0.1, 0.15) is 28.7 Å². The van der Waals surface area contributed by atoms with Crippen LogP contribution in [0, 0.1) is 0 Å². The van der Waals surface area contributed by atoms with E-state index in [-0.39, 0.29) is 11.5 Å². The molecular weight excluding hydrogens is 330 g/mol. The molecule has 8 heteroatoms. The number of rotatable bonds is 6. The van der Waals surface area contributed by atoms with Gasteiger partial charge in [-0.1, -0.05) is 12.1 Å². The summed E-state index contributed by atoms with van der Waals surface area (Å²) in [5.41, 5.74) is 0.193. The van der Waals surface area contributed by atoms with Gasteiger partial charge in [0.15, 0.2) is 5.76 Å². The zero-order valence-electron chi connectivity index (χ0n) is 13.4. The predicted octanol–water partition coefficient (Wildman–Crippen LogP) is 3.15. The van der Waals surface area contributed by atoms with Gasteiger partial charge >= 0.3 is 0 Å². The average Bonchev–Trinajstić information content (AvgIpc) is 3.25. The molecule has 0 spiro atoms. The fourth-order valence-electron chi connectivity index (χ4n) is 2.23. The standard InChI is InChI=1S/C17H16F2N4O2/c1-17(18,19)12-6-4-11(5-7-12)16(24)20-9-8-14-21-15(23-22-14)13-3-2-10-25-13/h2-7,10H,8-9H2,1H3,(H,20,24)(H,21,22,23). The number of aromatic nitrogens is 3. The SMILES string of the molecule is CC(F)(F)c1ccc(C(=O)NCCc2nc(-c3ccco3)n[nH]2)cc1. The van der Waals surface area contributed by atoms with Crippen molar-refractivity contribution in [3.63, 3.8) is 0 Å². The van der Waals surface area contributed by atoms with Gasteiger partial charge < -0.3 is 9.73 Å². The molecule has 1 amide bonds. The maximum atomic E-state index is 13.2. The van der Waals surface area contributed by atoms with Crippen molar-refractivity contribution in [3.8, 4) is 11.6 Å². The summed E-state index contributed by atoms with van der Waals surface area (Å²) in [6, 6.07) is 8.75. The van der Waals surface area contributed by atoms with Crippen LogP contribution in [-0.2, 0) is 12.3 Å². The third-order valence-corrected chi connectivity index (χ3v) is 3.57. The van der Waals surface area contributed by atoms with Crippen LogP contribution < -0.4 is 5.32 Å². The van der Waals surface area contributed by atoms with Crippen LogP contribution in [0.15, 0.2) is 47.1 Å². The number of hydrogen-bond acceptors (Lipinski definition) is 4. The van der Waals surface area contributed by atoms with Gasteiger partial charge in [-0.05, 0) is 24.3 Å². The molecule has 0 bridgehead atoms. The number of H-pyrrole nitrogens is 1. The molecule has 0 aliphatic rings. The quantitative estimate of drug-likeness (QED) is 0.718. The first-order valence-corrected chi connectivity index (χ1v) is 7.65. The first-order valence-electron chi connectivity index (χ1n) is 7.65. The van der Waals surface area contributed by atoms with Crippen LogP contribution in [0.3, 0.4) is 0 Å². The summed E-state index contributed by atoms with van der Waals surface area (Å²) in [5.74, 6) is -1.65. The minimum absolute atomic E-state index is 0.129. The van der Waals surface area contributed by atoms with Crippen LogP contribution in [0.4, 0.5) is 8.78 Å². The van der Waals surface area contributed by atoms with Crippen molar-refractivity contribution >= 4 is 5.91 Å². The highest BCUT2D eigenvalue weighted by atomic mass is 19.3. The molecule has 0 aliphatic carbocycles. The van der Waals surface area contributed by atoms with Crippen molar-refractivity contribution in [2.24, 2.45) is 0 Å². The Morgan fingerprint density at radius 2 is 2.04 bits per heavy atom. The minimum atomic E-state index is -2.92. The molecule has 0 saturated heterocycles. The summed E-state index contributed by atoms with van der Waals surface area (Å²) < 4.78 is 31.5. The van der Waals surface area contributed by atoms with Crippen molar-refractivity contribution < 1.29 is 18.0 Å². The number of nitrogens with one attached hydrogen (secondary N) is 2. The summed E-state index contributed by atoms with van der Waals surface area (Å²) in [7, 11) is 0. The Hall–Kier alpha value is -3.03. The Morgan fingerprint density at radius 3 is 2.68 bits per heavy atom. The number of nitrogens with zero attached hydrogens (tertiary/aromatic N) is 2. The zero-order valence-corrected chi connectivity index (χ0v) is 13.4. The monoisotopic (exact) mass is 346 g/mol. The number of halogens is 2. The van der Waals surface area contributed by atoms with Gasteiger partial charge in [0, 0.05) is 31.0 Å². The lowest BCUT2D eigenvalue weighted by atomic mass is 10.1. The Kier molecular flexibility index (Phi) is 4.60. The first kappa shape index (κ1) is 16.8. The van der Waals surface area contributed by atoms with Crippen LogP contribution >= 0.6 is 0 Å². The van der Waals surface area contributed by atoms with E-state index in [4.69, 9.17) is 4.42 Å². The summed E-state index contributed by atoms with van der Waals surface area (Å²) >= 11 is 0. The van der Waals surface area contributed by atoms with Crippen LogP contribution in [0.25, 0.3) is 11.6 Å². The fourth-order valence-corrected chi connectivity index (χ4v) is 2.23. The summed E-state index contributed by atoms with van der Waals surface area (Å²) in [6.07, 6.45) is 1.98. The third kappa shape index (κ3) is 4.09. The van der Waals surface area contributed by atoms with E-state index in [2.05, 4.69) is 20.5 Å². The Balaban J connectivity index is 1.53. The van der Waals surface area contributed by atoms with E-state index in [0.717, 1.165) is 6.92 Å². The van der Waals surface area contributed by atoms with Crippen molar-refractivity contribution in [2.75, 3.05) is 6.54 Å². The highest BCUT2D eigenvalue weighted by Gasteiger charge is 2.24. The second-order valence-electron chi connectivity index (χ2n) is 5.55. The number of aromatic amines is 1. The van der Waals surface area contributed by atoms with Crippen molar-refractivity contribution in [3.05, 3.63) is 59.6 Å².